The molecule has 1 aromatic carbocycles. The average molecular weight is 319 g/mol. The maximum atomic E-state index is 13.6. The van der Waals surface area contributed by atoms with E-state index < -0.39 is 11.9 Å². The molecule has 0 aliphatic heterocycles. The molecule has 21 heavy (non-hydrogen) atoms. The fourth-order valence-corrected chi connectivity index (χ4v) is 1.97. The standard InChI is InChI=1S/C15H23FN2O2.ClH/c1-9(2)7-13(17)15(19)18-10(3)11-5-6-14(20-4)12(16)8-11;/h5-6,8-10,13H,7,17H2,1-4H3,(H,18,19);1H/t10?,13-;/m0./s1. The highest BCUT2D eigenvalue weighted by Crippen LogP contribution is 2.21. The molecule has 4 nitrogen and oxygen atoms in total. The van der Waals surface area contributed by atoms with Crippen LogP contribution in [0, 0.1) is 11.7 Å². The molecule has 0 aliphatic carbocycles. The predicted molar refractivity (Wildman–Crippen MR) is 84.2 cm³/mol. The van der Waals surface area contributed by atoms with Crippen molar-refractivity contribution >= 4 is 18.3 Å². The molecule has 0 saturated carbocycles. The number of methoxy groups -OCH3 is 1. The predicted octanol–water partition coefficient (Wildman–Crippen LogP) is 2.81. The summed E-state index contributed by atoms with van der Waals surface area (Å²) in [6.45, 7) is 5.81. The summed E-state index contributed by atoms with van der Waals surface area (Å²) in [4.78, 5) is 11.9. The second-order valence-corrected chi connectivity index (χ2v) is 5.36. The number of carbonyl (C=O) groups excluding carboxylic acids is 1. The number of benzene rings is 1. The molecule has 0 radical (unpaired) electrons. The maximum Gasteiger partial charge on any atom is 0.237 e. The minimum absolute atomic E-state index is 0. The van der Waals surface area contributed by atoms with Crippen LogP contribution in [-0.2, 0) is 4.79 Å². The highest BCUT2D eigenvalue weighted by molar-refractivity contribution is 5.85. The van der Waals surface area contributed by atoms with Crippen molar-refractivity contribution < 1.29 is 13.9 Å². The highest BCUT2D eigenvalue weighted by Gasteiger charge is 2.18. The van der Waals surface area contributed by atoms with Gasteiger partial charge in [-0.1, -0.05) is 19.9 Å². The maximum absolute atomic E-state index is 13.6. The van der Waals surface area contributed by atoms with Crippen LogP contribution in [-0.4, -0.2) is 19.1 Å². The van der Waals surface area contributed by atoms with Crippen LogP contribution in [0.4, 0.5) is 4.39 Å². The number of halogens is 2. The zero-order chi connectivity index (χ0) is 15.3. The highest BCUT2D eigenvalue weighted by atomic mass is 35.5. The Morgan fingerprint density at radius 3 is 2.48 bits per heavy atom. The van der Waals surface area contributed by atoms with Gasteiger partial charge in [-0.05, 0) is 37.0 Å². The van der Waals surface area contributed by atoms with Gasteiger partial charge in [-0.3, -0.25) is 4.79 Å². The first-order valence-electron chi connectivity index (χ1n) is 6.74. The summed E-state index contributed by atoms with van der Waals surface area (Å²) < 4.78 is 18.5. The van der Waals surface area contributed by atoms with Gasteiger partial charge in [-0.15, -0.1) is 12.4 Å². The minimum atomic E-state index is -0.541. The molecule has 2 atom stereocenters. The van der Waals surface area contributed by atoms with Crippen LogP contribution in [0.25, 0.3) is 0 Å². The number of hydrogen-bond donors (Lipinski definition) is 2. The smallest absolute Gasteiger partial charge is 0.237 e. The monoisotopic (exact) mass is 318 g/mol. The molecule has 1 aromatic rings. The number of nitrogens with two attached hydrogens (primary N) is 1. The van der Waals surface area contributed by atoms with Crippen molar-refractivity contribution in [2.24, 2.45) is 11.7 Å². The van der Waals surface area contributed by atoms with Crippen LogP contribution >= 0.6 is 12.4 Å². The molecule has 3 N–H and O–H groups in total. The van der Waals surface area contributed by atoms with Crippen LogP contribution < -0.4 is 15.8 Å². The number of amides is 1. The summed E-state index contributed by atoms with van der Waals surface area (Å²) in [6.07, 6.45) is 0.621. The normalized spacial score (nSPS) is 13.3. The van der Waals surface area contributed by atoms with Crippen LogP contribution in [0.5, 0.6) is 5.75 Å². The van der Waals surface area contributed by atoms with Gasteiger partial charge in [-0.2, -0.15) is 0 Å². The van der Waals surface area contributed by atoms with E-state index in [0.29, 0.717) is 17.9 Å². The van der Waals surface area contributed by atoms with E-state index in [0.717, 1.165) is 0 Å². The summed E-state index contributed by atoms with van der Waals surface area (Å²) in [5.74, 6) is -0.131. The Morgan fingerprint density at radius 2 is 2.00 bits per heavy atom. The summed E-state index contributed by atoms with van der Waals surface area (Å²) in [7, 11) is 1.41. The second kappa shape index (κ2) is 8.85. The molecule has 1 unspecified atom stereocenters. The topological polar surface area (TPSA) is 64.3 Å². The van der Waals surface area contributed by atoms with E-state index in [1.165, 1.54) is 13.2 Å². The Kier molecular flexibility index (Phi) is 8.29. The van der Waals surface area contributed by atoms with Gasteiger partial charge in [0.15, 0.2) is 11.6 Å². The van der Waals surface area contributed by atoms with E-state index in [1.54, 1.807) is 19.1 Å². The lowest BCUT2D eigenvalue weighted by atomic mass is 10.0. The van der Waals surface area contributed by atoms with Crippen molar-refractivity contribution in [2.45, 2.75) is 39.3 Å². The largest absolute Gasteiger partial charge is 0.494 e. The van der Waals surface area contributed by atoms with Crippen molar-refractivity contribution in [3.8, 4) is 5.75 Å². The first kappa shape index (κ1) is 19.7. The minimum Gasteiger partial charge on any atom is -0.494 e. The molecule has 120 valence electrons. The first-order valence-corrected chi connectivity index (χ1v) is 6.74. The van der Waals surface area contributed by atoms with E-state index in [2.05, 4.69) is 5.32 Å². The third-order valence-corrected chi connectivity index (χ3v) is 3.10. The summed E-state index contributed by atoms with van der Waals surface area (Å²) in [5, 5.41) is 2.79. The van der Waals surface area contributed by atoms with E-state index in [4.69, 9.17) is 10.5 Å². The van der Waals surface area contributed by atoms with E-state index in [1.807, 2.05) is 13.8 Å². The molecule has 0 fully saturated rings. The summed E-state index contributed by atoms with van der Waals surface area (Å²) in [6, 6.07) is 3.78. The van der Waals surface area contributed by atoms with E-state index in [-0.39, 0.29) is 30.1 Å². The molecule has 0 saturated heterocycles. The van der Waals surface area contributed by atoms with Gasteiger partial charge in [0.1, 0.15) is 0 Å². The van der Waals surface area contributed by atoms with Crippen LogP contribution in [0.15, 0.2) is 18.2 Å². The van der Waals surface area contributed by atoms with Crippen molar-refractivity contribution in [2.75, 3.05) is 7.11 Å². The lowest BCUT2D eigenvalue weighted by Crippen LogP contribution is -2.42. The Hall–Kier alpha value is -1.33. The van der Waals surface area contributed by atoms with Gasteiger partial charge >= 0.3 is 0 Å². The van der Waals surface area contributed by atoms with Crippen molar-refractivity contribution in [3.63, 3.8) is 0 Å². The van der Waals surface area contributed by atoms with Gasteiger partial charge in [0.25, 0.3) is 0 Å². The van der Waals surface area contributed by atoms with Crippen LogP contribution in [0.2, 0.25) is 0 Å². The molecule has 0 aromatic heterocycles. The molecule has 0 spiro atoms. The number of carbonyl (C=O) groups is 1. The zero-order valence-electron chi connectivity index (χ0n) is 12.9. The molecule has 0 bridgehead atoms. The van der Waals surface area contributed by atoms with Crippen molar-refractivity contribution in [3.05, 3.63) is 29.6 Å². The lowest BCUT2D eigenvalue weighted by molar-refractivity contribution is -0.123. The SMILES string of the molecule is COc1ccc(C(C)NC(=O)[C@@H](N)CC(C)C)cc1F.Cl. The number of hydrogen-bond acceptors (Lipinski definition) is 3. The number of ether oxygens (including phenoxy) is 1. The summed E-state index contributed by atoms with van der Waals surface area (Å²) >= 11 is 0. The molecular formula is C15H24ClFN2O2. The van der Waals surface area contributed by atoms with Crippen LogP contribution in [0.1, 0.15) is 38.8 Å². The molecule has 0 heterocycles. The van der Waals surface area contributed by atoms with Gasteiger partial charge in [0.05, 0.1) is 19.2 Å². The van der Waals surface area contributed by atoms with Crippen LogP contribution in [0.3, 0.4) is 0 Å². The van der Waals surface area contributed by atoms with Crippen molar-refractivity contribution in [1.29, 1.82) is 0 Å². The van der Waals surface area contributed by atoms with E-state index in [9.17, 15) is 9.18 Å². The quantitative estimate of drug-likeness (QED) is 0.847. The Labute approximate surface area is 131 Å². The number of rotatable bonds is 6. The lowest BCUT2D eigenvalue weighted by Gasteiger charge is -2.19. The third kappa shape index (κ3) is 5.89. The molecule has 1 amide bonds. The van der Waals surface area contributed by atoms with Gasteiger partial charge in [-0.25, -0.2) is 4.39 Å². The number of nitrogens with one attached hydrogen (secondary N) is 1. The average Bonchev–Trinajstić information content (AvgIpc) is 2.37. The Morgan fingerprint density at radius 1 is 1.38 bits per heavy atom. The first-order chi connectivity index (χ1) is 9.35. The third-order valence-electron chi connectivity index (χ3n) is 3.10. The molecule has 1 rings (SSSR count). The van der Waals surface area contributed by atoms with E-state index >= 15 is 0 Å². The molecule has 0 aliphatic rings. The van der Waals surface area contributed by atoms with Gasteiger partial charge in [0.2, 0.25) is 5.91 Å². The molecular weight excluding hydrogens is 295 g/mol. The Bertz CT molecular complexity index is 469. The molecule has 6 heteroatoms. The van der Waals surface area contributed by atoms with Gasteiger partial charge in [0, 0.05) is 0 Å². The fraction of sp³-hybridized carbons (Fsp3) is 0.533. The second-order valence-electron chi connectivity index (χ2n) is 5.36. The van der Waals surface area contributed by atoms with Gasteiger partial charge < -0.3 is 15.8 Å². The summed E-state index contributed by atoms with van der Waals surface area (Å²) in [5.41, 5.74) is 6.49. The fourth-order valence-electron chi connectivity index (χ4n) is 1.97. The van der Waals surface area contributed by atoms with Crippen molar-refractivity contribution in [1.82, 2.24) is 5.32 Å². The Balaban J connectivity index is 0.00000400. The zero-order valence-corrected chi connectivity index (χ0v) is 13.7.